The molecule has 3 aromatic rings. The number of hydrogen-bond acceptors (Lipinski definition) is 5. The Morgan fingerprint density at radius 3 is 2.43 bits per heavy atom. The predicted octanol–water partition coefficient (Wildman–Crippen LogP) is 2.89. The quantitative estimate of drug-likeness (QED) is 0.544. The molecule has 1 aromatic heterocycles. The van der Waals surface area contributed by atoms with E-state index in [1.54, 1.807) is 10.9 Å². The van der Waals surface area contributed by atoms with Gasteiger partial charge in [0, 0.05) is 45.5 Å². The second-order valence-electron chi connectivity index (χ2n) is 9.11. The Bertz CT molecular complexity index is 1240. The van der Waals surface area contributed by atoms with E-state index >= 15 is 0 Å². The van der Waals surface area contributed by atoms with E-state index in [0.717, 1.165) is 24.2 Å². The van der Waals surface area contributed by atoms with Crippen LogP contribution in [0.5, 0.6) is 0 Å². The molecule has 1 aliphatic rings. The zero-order valence-electron chi connectivity index (χ0n) is 20.4. The Balaban J connectivity index is 1.64. The lowest BCUT2D eigenvalue weighted by Crippen LogP contribution is -2.40. The Kier molecular flexibility index (Phi) is 7.87. The van der Waals surface area contributed by atoms with Crippen LogP contribution in [0.4, 0.5) is 5.69 Å². The van der Waals surface area contributed by atoms with Gasteiger partial charge in [-0.1, -0.05) is 48.5 Å². The molecule has 4 rings (SSSR count). The first kappa shape index (κ1) is 24.9. The van der Waals surface area contributed by atoms with Gasteiger partial charge < -0.3 is 4.90 Å². The van der Waals surface area contributed by atoms with Crippen molar-refractivity contribution in [2.24, 2.45) is 0 Å². The summed E-state index contributed by atoms with van der Waals surface area (Å²) < 4.78 is 28.6. The molecule has 0 bridgehead atoms. The maximum absolute atomic E-state index is 13.4. The summed E-state index contributed by atoms with van der Waals surface area (Å²) in [6, 6.07) is 17.7. The van der Waals surface area contributed by atoms with E-state index in [1.807, 2.05) is 60.5 Å². The lowest BCUT2D eigenvalue weighted by molar-refractivity contribution is -0.132. The largest absolute Gasteiger partial charge is 0.335 e. The van der Waals surface area contributed by atoms with Crippen molar-refractivity contribution in [2.45, 2.75) is 33.0 Å². The maximum Gasteiger partial charge on any atom is 0.244 e. The summed E-state index contributed by atoms with van der Waals surface area (Å²) in [5.41, 5.74) is 3.65. The first-order chi connectivity index (χ1) is 16.8. The normalized spacial score (nSPS) is 15.9. The van der Waals surface area contributed by atoms with Gasteiger partial charge in [0.1, 0.15) is 6.54 Å². The second-order valence-corrected chi connectivity index (χ2v) is 11.0. The van der Waals surface area contributed by atoms with Gasteiger partial charge >= 0.3 is 0 Å². The van der Waals surface area contributed by atoms with Crippen LogP contribution in [0, 0.1) is 6.92 Å². The van der Waals surface area contributed by atoms with Crippen molar-refractivity contribution < 1.29 is 13.2 Å². The minimum atomic E-state index is -3.48. The molecule has 0 fully saturated rings. The van der Waals surface area contributed by atoms with Crippen LogP contribution in [0.15, 0.2) is 67.0 Å². The summed E-state index contributed by atoms with van der Waals surface area (Å²) in [7, 11) is -3.48. The molecule has 0 N–H and O–H groups in total. The molecular formula is C26H33N5O3S. The fraction of sp³-hybridized carbons (Fsp3) is 0.385. The molecule has 1 aliphatic heterocycles. The highest BCUT2D eigenvalue weighted by Gasteiger charge is 2.24. The first-order valence-electron chi connectivity index (χ1n) is 11.9. The third kappa shape index (κ3) is 6.70. The number of hydrogen-bond donors (Lipinski definition) is 0. The Labute approximate surface area is 207 Å². The number of amides is 1. The van der Waals surface area contributed by atoms with Crippen molar-refractivity contribution in [3.63, 3.8) is 0 Å². The summed E-state index contributed by atoms with van der Waals surface area (Å²) in [6.07, 6.45) is 5.52. The lowest BCUT2D eigenvalue weighted by atomic mass is 10.1. The third-order valence-corrected chi connectivity index (χ3v) is 7.38. The summed E-state index contributed by atoms with van der Waals surface area (Å²) in [5.74, 6) is -0.0484. The Hall–Kier alpha value is -3.17. The van der Waals surface area contributed by atoms with Gasteiger partial charge in [-0.15, -0.1) is 0 Å². The number of aromatic nitrogens is 2. The molecule has 9 heteroatoms. The van der Waals surface area contributed by atoms with Crippen LogP contribution in [0.3, 0.4) is 0 Å². The van der Waals surface area contributed by atoms with E-state index in [1.165, 1.54) is 16.1 Å². The molecule has 186 valence electrons. The van der Waals surface area contributed by atoms with Crippen LogP contribution < -0.4 is 4.31 Å². The van der Waals surface area contributed by atoms with Gasteiger partial charge in [0.05, 0.1) is 18.1 Å². The van der Waals surface area contributed by atoms with Crippen LogP contribution in [0.2, 0.25) is 0 Å². The molecule has 2 aromatic carbocycles. The zero-order valence-corrected chi connectivity index (χ0v) is 21.2. The highest BCUT2D eigenvalue weighted by molar-refractivity contribution is 7.92. The van der Waals surface area contributed by atoms with E-state index in [9.17, 15) is 13.2 Å². The van der Waals surface area contributed by atoms with E-state index in [4.69, 9.17) is 0 Å². The number of carbonyl (C=O) groups is 1. The van der Waals surface area contributed by atoms with Crippen LogP contribution in [0.25, 0.3) is 0 Å². The molecule has 35 heavy (non-hydrogen) atoms. The number of rotatable bonds is 5. The van der Waals surface area contributed by atoms with Crippen molar-refractivity contribution in [3.05, 3.63) is 83.7 Å². The molecule has 0 radical (unpaired) electrons. The molecule has 2 heterocycles. The molecule has 1 amide bonds. The van der Waals surface area contributed by atoms with Gasteiger partial charge in [0.25, 0.3) is 0 Å². The number of anilines is 1. The number of benzene rings is 2. The first-order valence-corrected chi connectivity index (χ1v) is 13.7. The Morgan fingerprint density at radius 1 is 0.971 bits per heavy atom. The third-order valence-electron chi connectivity index (χ3n) is 6.20. The summed E-state index contributed by atoms with van der Waals surface area (Å²) in [5, 5.41) is 4.27. The van der Waals surface area contributed by atoms with Crippen LogP contribution >= 0.6 is 0 Å². The van der Waals surface area contributed by atoms with Crippen molar-refractivity contribution in [1.82, 2.24) is 19.6 Å². The average molecular weight is 496 g/mol. The number of para-hydroxylation sites is 1. The topological polar surface area (TPSA) is 78.8 Å². The van der Waals surface area contributed by atoms with Gasteiger partial charge in [-0.05, 0) is 36.1 Å². The zero-order chi connectivity index (χ0) is 24.8. The highest BCUT2D eigenvalue weighted by Crippen LogP contribution is 2.25. The van der Waals surface area contributed by atoms with E-state index in [-0.39, 0.29) is 12.5 Å². The van der Waals surface area contributed by atoms with Crippen molar-refractivity contribution in [3.8, 4) is 0 Å². The van der Waals surface area contributed by atoms with Crippen molar-refractivity contribution >= 4 is 21.6 Å². The number of carbonyl (C=O) groups excluding carboxylic acids is 1. The molecule has 0 saturated heterocycles. The molecule has 8 nitrogen and oxygen atoms in total. The van der Waals surface area contributed by atoms with Crippen LogP contribution in [-0.2, 0) is 34.5 Å². The molecule has 0 aliphatic carbocycles. The predicted molar refractivity (Wildman–Crippen MR) is 137 cm³/mol. The van der Waals surface area contributed by atoms with Gasteiger partial charge in [-0.25, -0.2) is 8.42 Å². The minimum absolute atomic E-state index is 0.0484. The summed E-state index contributed by atoms with van der Waals surface area (Å²) in [4.78, 5) is 17.5. The smallest absolute Gasteiger partial charge is 0.244 e. The monoisotopic (exact) mass is 495 g/mol. The molecular weight excluding hydrogens is 462 g/mol. The standard InChI is InChI=1S/C26H33N5O3S/c1-22-17-27-30(18-22)21-26(32)29-16-15-28(19-23-9-4-3-5-10-23)13-8-14-31(35(2,33)34)25-12-7-6-11-24(25)20-29/h3-7,9-12,17-18H,8,13-16,19-21H2,1-2H3. The van der Waals surface area contributed by atoms with Crippen LogP contribution in [-0.4, -0.2) is 66.3 Å². The SMILES string of the molecule is Cc1cnn(CC(=O)N2CCN(Cc3ccccc3)CCCN(S(C)(=O)=O)c3ccccc3C2)c1. The van der Waals surface area contributed by atoms with E-state index < -0.39 is 10.0 Å². The highest BCUT2D eigenvalue weighted by atomic mass is 32.2. The minimum Gasteiger partial charge on any atom is -0.335 e. The Morgan fingerprint density at radius 2 is 1.71 bits per heavy atom. The van der Waals surface area contributed by atoms with Gasteiger partial charge in [-0.3, -0.25) is 18.7 Å². The number of sulfonamides is 1. The fourth-order valence-corrected chi connectivity index (χ4v) is 5.45. The number of aryl methyl sites for hydroxylation is 1. The average Bonchev–Trinajstić information content (AvgIpc) is 3.22. The summed E-state index contributed by atoms with van der Waals surface area (Å²) >= 11 is 0. The van der Waals surface area contributed by atoms with Gasteiger partial charge in [-0.2, -0.15) is 5.10 Å². The second kappa shape index (κ2) is 11.0. The van der Waals surface area contributed by atoms with Crippen molar-refractivity contribution in [2.75, 3.05) is 36.7 Å². The van der Waals surface area contributed by atoms with Gasteiger partial charge in [0.15, 0.2) is 0 Å². The molecule has 0 unspecified atom stereocenters. The summed E-state index contributed by atoms with van der Waals surface area (Å²) in [6.45, 7) is 5.51. The van der Waals surface area contributed by atoms with Gasteiger partial charge in [0.2, 0.25) is 15.9 Å². The van der Waals surface area contributed by atoms with Crippen molar-refractivity contribution in [1.29, 1.82) is 0 Å². The van der Waals surface area contributed by atoms with E-state index in [0.29, 0.717) is 38.3 Å². The molecule has 0 atom stereocenters. The van der Waals surface area contributed by atoms with Crippen LogP contribution in [0.1, 0.15) is 23.1 Å². The molecule has 0 saturated carbocycles. The number of nitrogens with zero attached hydrogens (tertiary/aromatic N) is 5. The lowest BCUT2D eigenvalue weighted by Gasteiger charge is -2.28. The maximum atomic E-state index is 13.4. The van der Waals surface area contributed by atoms with E-state index in [2.05, 4.69) is 22.1 Å². The number of fused-ring (bicyclic) bond motifs is 1. The fourth-order valence-electron chi connectivity index (χ4n) is 4.45. The molecule has 0 spiro atoms.